The summed E-state index contributed by atoms with van der Waals surface area (Å²) in [6.45, 7) is 2.52. The van der Waals surface area contributed by atoms with Crippen LogP contribution in [0.25, 0.3) is 0 Å². The largest absolute Gasteiger partial charge is 0.311 e. The first-order valence-electron chi connectivity index (χ1n) is 7.63. The highest BCUT2D eigenvalue weighted by molar-refractivity contribution is 5.96. The summed E-state index contributed by atoms with van der Waals surface area (Å²) in [4.78, 5) is 14.1. The van der Waals surface area contributed by atoms with Gasteiger partial charge in [-0.25, -0.2) is 8.78 Å². The second kappa shape index (κ2) is 6.46. The number of benzene rings is 2. The molecule has 0 unspecified atom stereocenters. The molecule has 0 saturated carbocycles. The van der Waals surface area contributed by atoms with E-state index in [1.54, 1.807) is 11.8 Å². The van der Waals surface area contributed by atoms with Crippen LogP contribution in [0.4, 0.5) is 14.5 Å². The Bertz CT molecular complexity index is 733. The number of carbonyl (C=O) groups excluding carboxylic acids is 1. The van der Waals surface area contributed by atoms with Gasteiger partial charge in [-0.1, -0.05) is 24.3 Å². The zero-order valence-corrected chi connectivity index (χ0v) is 12.9. The van der Waals surface area contributed by atoms with E-state index >= 15 is 0 Å². The Morgan fingerprint density at radius 1 is 1.26 bits per heavy atom. The lowest BCUT2D eigenvalue weighted by Crippen LogP contribution is -2.38. The number of fused-ring (bicyclic) bond motifs is 1. The molecule has 1 aliphatic heterocycles. The predicted octanol–water partition coefficient (Wildman–Crippen LogP) is 3.20. The molecular formula is C18H18F2N2O. The fourth-order valence-electron chi connectivity index (χ4n) is 2.90. The number of amides is 1. The third-order valence-electron chi connectivity index (χ3n) is 4.18. The third-order valence-corrected chi connectivity index (χ3v) is 4.18. The van der Waals surface area contributed by atoms with Gasteiger partial charge in [0, 0.05) is 29.9 Å². The number of nitrogens with one attached hydrogen (secondary N) is 1. The Balaban J connectivity index is 1.63. The van der Waals surface area contributed by atoms with Crippen LogP contribution in [0.3, 0.4) is 0 Å². The molecule has 0 saturated heterocycles. The van der Waals surface area contributed by atoms with E-state index in [0.717, 1.165) is 18.2 Å². The van der Waals surface area contributed by atoms with Gasteiger partial charge in [-0.05, 0) is 31.0 Å². The number of halogens is 2. The third kappa shape index (κ3) is 3.24. The molecule has 1 aliphatic rings. The summed E-state index contributed by atoms with van der Waals surface area (Å²) >= 11 is 0. The fourth-order valence-corrected chi connectivity index (χ4v) is 2.90. The lowest BCUT2D eigenvalue weighted by atomic mass is 10.1. The van der Waals surface area contributed by atoms with Crippen LogP contribution < -0.4 is 10.2 Å². The smallest absolute Gasteiger partial charge is 0.240 e. The van der Waals surface area contributed by atoms with Crippen LogP contribution in [0.2, 0.25) is 0 Å². The van der Waals surface area contributed by atoms with E-state index in [-0.39, 0.29) is 18.5 Å². The normalized spacial score (nSPS) is 14.7. The van der Waals surface area contributed by atoms with Crippen LogP contribution in [0.1, 0.15) is 24.1 Å². The quantitative estimate of drug-likeness (QED) is 0.939. The predicted molar refractivity (Wildman–Crippen MR) is 85.3 cm³/mol. The molecule has 1 amide bonds. The van der Waals surface area contributed by atoms with Crippen molar-refractivity contribution >= 4 is 11.6 Å². The van der Waals surface area contributed by atoms with Crippen molar-refractivity contribution in [3.05, 3.63) is 65.2 Å². The molecule has 1 heterocycles. The van der Waals surface area contributed by atoms with E-state index in [0.29, 0.717) is 12.1 Å². The standard InChI is InChI=1S/C18H18F2N2O/c1-12(15-7-6-14(19)10-16(15)20)21-11-18(23)22-9-8-13-4-2-3-5-17(13)22/h2-7,10,12,21H,8-9,11H2,1H3/t12-/m0/s1. The Kier molecular flexibility index (Phi) is 4.39. The Morgan fingerprint density at radius 2 is 2.04 bits per heavy atom. The number of hydrogen-bond donors (Lipinski definition) is 1. The molecule has 1 atom stereocenters. The maximum Gasteiger partial charge on any atom is 0.240 e. The summed E-state index contributed by atoms with van der Waals surface area (Å²) < 4.78 is 26.7. The van der Waals surface area contributed by atoms with Gasteiger partial charge in [0.15, 0.2) is 0 Å². The molecule has 0 bridgehead atoms. The molecule has 2 aromatic carbocycles. The highest BCUT2D eigenvalue weighted by atomic mass is 19.1. The molecule has 5 heteroatoms. The van der Waals surface area contributed by atoms with Crippen molar-refractivity contribution in [2.45, 2.75) is 19.4 Å². The lowest BCUT2D eigenvalue weighted by Gasteiger charge is -2.20. The summed E-state index contributed by atoms with van der Waals surface area (Å²) in [6, 6.07) is 10.9. The Hall–Kier alpha value is -2.27. The number of hydrogen-bond acceptors (Lipinski definition) is 2. The van der Waals surface area contributed by atoms with Crippen molar-refractivity contribution in [3.8, 4) is 0 Å². The van der Waals surface area contributed by atoms with Gasteiger partial charge >= 0.3 is 0 Å². The van der Waals surface area contributed by atoms with Crippen molar-refractivity contribution in [1.82, 2.24) is 5.32 Å². The molecule has 0 aromatic heterocycles. The summed E-state index contributed by atoms with van der Waals surface area (Å²) in [5.74, 6) is -1.27. The highest BCUT2D eigenvalue weighted by Crippen LogP contribution is 2.27. The van der Waals surface area contributed by atoms with Crippen LogP contribution in [-0.4, -0.2) is 19.0 Å². The molecule has 1 N–H and O–H groups in total. The van der Waals surface area contributed by atoms with Crippen molar-refractivity contribution in [3.63, 3.8) is 0 Å². The number of anilines is 1. The van der Waals surface area contributed by atoms with E-state index in [1.165, 1.54) is 17.7 Å². The first kappa shape index (κ1) is 15.6. The summed E-state index contributed by atoms with van der Waals surface area (Å²) in [7, 11) is 0. The van der Waals surface area contributed by atoms with E-state index < -0.39 is 11.6 Å². The van der Waals surface area contributed by atoms with Crippen LogP contribution in [0, 0.1) is 11.6 Å². The SMILES string of the molecule is C[C@H](NCC(=O)N1CCc2ccccc21)c1ccc(F)cc1F. The van der Waals surface area contributed by atoms with E-state index in [2.05, 4.69) is 5.32 Å². The number of nitrogens with zero attached hydrogens (tertiary/aromatic N) is 1. The lowest BCUT2D eigenvalue weighted by molar-refractivity contribution is -0.117. The molecule has 0 aliphatic carbocycles. The maximum atomic E-state index is 13.7. The molecule has 23 heavy (non-hydrogen) atoms. The van der Waals surface area contributed by atoms with E-state index in [1.807, 2.05) is 24.3 Å². The van der Waals surface area contributed by atoms with Crippen LogP contribution in [0.5, 0.6) is 0 Å². The highest BCUT2D eigenvalue weighted by Gasteiger charge is 2.24. The monoisotopic (exact) mass is 316 g/mol. The number of carbonyl (C=O) groups is 1. The van der Waals surface area contributed by atoms with Crippen molar-refractivity contribution in [2.75, 3.05) is 18.0 Å². The van der Waals surface area contributed by atoms with Gasteiger partial charge in [-0.15, -0.1) is 0 Å². The minimum Gasteiger partial charge on any atom is -0.311 e. The van der Waals surface area contributed by atoms with E-state index in [4.69, 9.17) is 0 Å². The molecule has 0 spiro atoms. The fraction of sp³-hybridized carbons (Fsp3) is 0.278. The number of rotatable bonds is 4. The second-order valence-electron chi connectivity index (χ2n) is 5.69. The topological polar surface area (TPSA) is 32.3 Å². The molecule has 3 nitrogen and oxygen atoms in total. The van der Waals surface area contributed by atoms with Crippen molar-refractivity contribution < 1.29 is 13.6 Å². The molecular weight excluding hydrogens is 298 g/mol. The second-order valence-corrected chi connectivity index (χ2v) is 5.69. The molecule has 0 fully saturated rings. The zero-order valence-electron chi connectivity index (χ0n) is 12.9. The van der Waals surface area contributed by atoms with Crippen molar-refractivity contribution in [2.24, 2.45) is 0 Å². The van der Waals surface area contributed by atoms with Crippen LogP contribution in [-0.2, 0) is 11.2 Å². The maximum absolute atomic E-state index is 13.7. The first-order chi connectivity index (χ1) is 11.1. The van der Waals surface area contributed by atoms with Gasteiger partial charge in [-0.2, -0.15) is 0 Å². The average Bonchev–Trinajstić information content (AvgIpc) is 2.96. The minimum atomic E-state index is -0.608. The Labute approximate surface area is 133 Å². The van der Waals surface area contributed by atoms with Gasteiger partial charge in [-0.3, -0.25) is 4.79 Å². The Morgan fingerprint density at radius 3 is 2.83 bits per heavy atom. The summed E-state index contributed by atoms with van der Waals surface area (Å²) in [5, 5.41) is 3.01. The first-order valence-corrected chi connectivity index (χ1v) is 7.63. The molecule has 2 aromatic rings. The van der Waals surface area contributed by atoms with Gasteiger partial charge in [0.25, 0.3) is 0 Å². The van der Waals surface area contributed by atoms with Gasteiger partial charge in [0.2, 0.25) is 5.91 Å². The van der Waals surface area contributed by atoms with Gasteiger partial charge < -0.3 is 10.2 Å². The molecule has 120 valence electrons. The molecule has 0 radical (unpaired) electrons. The summed E-state index contributed by atoms with van der Waals surface area (Å²) in [6.07, 6.45) is 0.851. The van der Waals surface area contributed by atoms with Crippen LogP contribution in [0.15, 0.2) is 42.5 Å². The van der Waals surface area contributed by atoms with Gasteiger partial charge in [0.05, 0.1) is 6.54 Å². The molecule has 3 rings (SSSR count). The van der Waals surface area contributed by atoms with Crippen LogP contribution >= 0.6 is 0 Å². The van der Waals surface area contributed by atoms with Gasteiger partial charge in [0.1, 0.15) is 11.6 Å². The average molecular weight is 316 g/mol. The zero-order chi connectivity index (χ0) is 16.4. The minimum absolute atomic E-state index is 0.0516. The number of para-hydroxylation sites is 1. The summed E-state index contributed by atoms with van der Waals surface area (Å²) in [5.41, 5.74) is 2.46. The van der Waals surface area contributed by atoms with E-state index in [9.17, 15) is 13.6 Å². The van der Waals surface area contributed by atoms with Crippen molar-refractivity contribution in [1.29, 1.82) is 0 Å².